The van der Waals surface area contributed by atoms with Gasteiger partial charge in [-0.25, -0.2) is 17.8 Å². The average molecular weight is 294 g/mol. The molecule has 0 spiro atoms. The van der Waals surface area contributed by atoms with Gasteiger partial charge in [0.15, 0.2) is 9.84 Å². The van der Waals surface area contributed by atoms with E-state index in [-0.39, 0.29) is 22.6 Å². The summed E-state index contributed by atoms with van der Waals surface area (Å²) < 4.78 is 36.6. The molecule has 1 heterocycles. The number of nitrogens with one attached hydrogen (secondary N) is 1. The van der Waals surface area contributed by atoms with Crippen LogP contribution >= 0.6 is 0 Å². The average Bonchev–Trinajstić information content (AvgIpc) is 2.38. The predicted molar refractivity (Wildman–Crippen MR) is 75.8 cm³/mol. The van der Waals surface area contributed by atoms with Crippen molar-refractivity contribution in [1.29, 1.82) is 0 Å². The fourth-order valence-electron chi connectivity index (χ4n) is 1.86. The van der Waals surface area contributed by atoms with Gasteiger partial charge in [0.05, 0.1) is 6.04 Å². The van der Waals surface area contributed by atoms with Crippen LogP contribution in [0.4, 0.5) is 10.2 Å². The Hall–Kier alpha value is -1.95. The fourth-order valence-corrected chi connectivity index (χ4v) is 2.65. The van der Waals surface area contributed by atoms with E-state index < -0.39 is 9.84 Å². The second-order valence-corrected chi connectivity index (χ2v) is 6.53. The van der Waals surface area contributed by atoms with Crippen molar-refractivity contribution in [2.45, 2.75) is 17.9 Å². The lowest BCUT2D eigenvalue weighted by molar-refractivity contribution is 0.601. The molecule has 106 valence electrons. The maximum atomic E-state index is 13.2. The van der Waals surface area contributed by atoms with Crippen LogP contribution in [-0.2, 0) is 9.84 Å². The minimum Gasteiger partial charge on any atom is -0.362 e. The van der Waals surface area contributed by atoms with Gasteiger partial charge in [-0.1, -0.05) is 12.1 Å². The van der Waals surface area contributed by atoms with Gasteiger partial charge in [0.2, 0.25) is 0 Å². The second kappa shape index (κ2) is 5.58. The Labute approximate surface area is 117 Å². The van der Waals surface area contributed by atoms with Crippen molar-refractivity contribution in [3.8, 4) is 0 Å². The van der Waals surface area contributed by atoms with Crippen molar-refractivity contribution >= 4 is 15.7 Å². The van der Waals surface area contributed by atoms with Crippen molar-refractivity contribution < 1.29 is 12.8 Å². The van der Waals surface area contributed by atoms with Gasteiger partial charge >= 0.3 is 0 Å². The summed E-state index contributed by atoms with van der Waals surface area (Å²) in [5, 5.41) is 3.00. The van der Waals surface area contributed by atoms with Crippen LogP contribution in [0.5, 0.6) is 0 Å². The van der Waals surface area contributed by atoms with Crippen molar-refractivity contribution in [2.24, 2.45) is 0 Å². The molecule has 0 bridgehead atoms. The summed E-state index contributed by atoms with van der Waals surface area (Å²) in [4.78, 5) is 4.18. The summed E-state index contributed by atoms with van der Waals surface area (Å²) >= 11 is 0. The fraction of sp³-hybridized carbons (Fsp3) is 0.214. The van der Waals surface area contributed by atoms with Gasteiger partial charge in [0, 0.05) is 12.5 Å². The number of aromatic nitrogens is 1. The zero-order valence-corrected chi connectivity index (χ0v) is 12.0. The largest absolute Gasteiger partial charge is 0.362 e. The lowest BCUT2D eigenvalue weighted by Crippen LogP contribution is -2.12. The van der Waals surface area contributed by atoms with Gasteiger partial charge in [0.1, 0.15) is 16.5 Å². The molecular weight excluding hydrogens is 279 g/mol. The molecule has 4 nitrogen and oxygen atoms in total. The van der Waals surface area contributed by atoms with E-state index >= 15 is 0 Å². The van der Waals surface area contributed by atoms with Gasteiger partial charge < -0.3 is 5.32 Å². The first-order chi connectivity index (χ1) is 9.38. The maximum Gasteiger partial charge on any atom is 0.179 e. The molecule has 1 unspecified atom stereocenters. The molecule has 0 fully saturated rings. The first-order valence-corrected chi connectivity index (χ1v) is 7.94. The Balaban J connectivity index is 2.31. The molecule has 20 heavy (non-hydrogen) atoms. The second-order valence-electron chi connectivity index (χ2n) is 4.54. The van der Waals surface area contributed by atoms with Crippen LogP contribution in [0.25, 0.3) is 0 Å². The molecule has 0 saturated carbocycles. The Morgan fingerprint density at radius 3 is 2.65 bits per heavy atom. The molecule has 2 rings (SSSR count). The molecule has 0 radical (unpaired) electrons. The number of sulfone groups is 1. The molecule has 0 aliphatic carbocycles. The minimum atomic E-state index is -3.37. The monoisotopic (exact) mass is 294 g/mol. The van der Waals surface area contributed by atoms with E-state index in [1.807, 2.05) is 6.92 Å². The van der Waals surface area contributed by atoms with E-state index in [0.717, 1.165) is 11.8 Å². The van der Waals surface area contributed by atoms with Gasteiger partial charge in [-0.2, -0.15) is 0 Å². The first kappa shape index (κ1) is 14.5. The zero-order chi connectivity index (χ0) is 14.8. The van der Waals surface area contributed by atoms with E-state index in [9.17, 15) is 12.8 Å². The molecule has 6 heteroatoms. The Morgan fingerprint density at radius 1 is 1.25 bits per heavy atom. The summed E-state index contributed by atoms with van der Waals surface area (Å²) in [6.07, 6.45) is 2.64. The van der Waals surface area contributed by atoms with Crippen LogP contribution in [0.2, 0.25) is 0 Å². The highest BCUT2D eigenvalue weighted by atomic mass is 32.2. The lowest BCUT2D eigenvalue weighted by Gasteiger charge is -2.16. The molecular formula is C14H15FN2O2S. The predicted octanol–water partition coefficient (Wildman–Crippen LogP) is 2.80. The molecule has 0 aliphatic heterocycles. The quantitative estimate of drug-likeness (QED) is 0.942. The molecule has 1 atom stereocenters. The molecule has 1 N–H and O–H groups in total. The number of halogens is 1. The maximum absolute atomic E-state index is 13.2. The van der Waals surface area contributed by atoms with Gasteiger partial charge in [-0.05, 0) is 36.8 Å². The SMILES string of the molecule is CC(Nc1ncccc1S(C)(=O)=O)c1cccc(F)c1. The number of rotatable bonds is 4. The van der Waals surface area contributed by atoms with E-state index in [0.29, 0.717) is 0 Å². The lowest BCUT2D eigenvalue weighted by atomic mass is 10.1. The summed E-state index contributed by atoms with van der Waals surface area (Å²) in [5.41, 5.74) is 0.718. The third kappa shape index (κ3) is 3.33. The zero-order valence-electron chi connectivity index (χ0n) is 11.2. The van der Waals surface area contributed by atoms with E-state index in [1.54, 1.807) is 18.2 Å². The van der Waals surface area contributed by atoms with Crippen LogP contribution in [0, 0.1) is 5.82 Å². The Morgan fingerprint density at radius 2 is 2.00 bits per heavy atom. The van der Waals surface area contributed by atoms with E-state index in [1.165, 1.54) is 24.4 Å². The van der Waals surface area contributed by atoms with Crippen LogP contribution in [0.1, 0.15) is 18.5 Å². The van der Waals surface area contributed by atoms with Crippen molar-refractivity contribution in [2.75, 3.05) is 11.6 Å². The van der Waals surface area contributed by atoms with Crippen molar-refractivity contribution in [3.63, 3.8) is 0 Å². The van der Waals surface area contributed by atoms with Gasteiger partial charge in [-0.3, -0.25) is 0 Å². The highest BCUT2D eigenvalue weighted by molar-refractivity contribution is 7.90. The molecule has 0 saturated heterocycles. The van der Waals surface area contributed by atoms with Crippen LogP contribution in [0.3, 0.4) is 0 Å². The van der Waals surface area contributed by atoms with Crippen LogP contribution < -0.4 is 5.32 Å². The molecule has 0 aliphatic rings. The number of pyridine rings is 1. The van der Waals surface area contributed by atoms with E-state index in [4.69, 9.17) is 0 Å². The third-order valence-electron chi connectivity index (χ3n) is 2.87. The topological polar surface area (TPSA) is 59.1 Å². The van der Waals surface area contributed by atoms with Crippen molar-refractivity contribution in [1.82, 2.24) is 4.98 Å². The third-order valence-corrected chi connectivity index (χ3v) is 4.00. The van der Waals surface area contributed by atoms with Gasteiger partial charge in [0.25, 0.3) is 0 Å². The summed E-state index contributed by atoms with van der Waals surface area (Å²) in [5.74, 6) is -0.0627. The first-order valence-electron chi connectivity index (χ1n) is 6.05. The highest BCUT2D eigenvalue weighted by Gasteiger charge is 2.16. The molecule has 1 aromatic carbocycles. The minimum absolute atomic E-state index is 0.128. The van der Waals surface area contributed by atoms with Crippen LogP contribution in [0.15, 0.2) is 47.5 Å². The number of hydrogen-bond donors (Lipinski definition) is 1. The van der Waals surface area contributed by atoms with Crippen molar-refractivity contribution in [3.05, 3.63) is 54.0 Å². The Kier molecular flexibility index (Phi) is 4.04. The number of benzene rings is 1. The highest BCUT2D eigenvalue weighted by Crippen LogP contribution is 2.23. The normalized spacial score (nSPS) is 12.9. The van der Waals surface area contributed by atoms with Crippen LogP contribution in [-0.4, -0.2) is 19.7 Å². The van der Waals surface area contributed by atoms with Gasteiger partial charge in [-0.15, -0.1) is 0 Å². The molecule has 1 aromatic heterocycles. The molecule has 2 aromatic rings. The summed E-state index contributed by atoms with van der Waals surface area (Å²) in [6.45, 7) is 1.81. The Bertz CT molecular complexity index is 717. The smallest absolute Gasteiger partial charge is 0.179 e. The van der Waals surface area contributed by atoms with E-state index in [2.05, 4.69) is 10.3 Å². The summed E-state index contributed by atoms with van der Waals surface area (Å²) in [7, 11) is -3.37. The standard InChI is InChI=1S/C14H15FN2O2S/c1-10(11-5-3-6-12(15)9-11)17-14-13(20(2,18)19)7-4-8-16-14/h3-10H,1-2H3,(H,16,17). The summed E-state index contributed by atoms with van der Waals surface area (Å²) in [6, 6.07) is 8.93. The number of hydrogen-bond acceptors (Lipinski definition) is 4. The number of anilines is 1. The number of nitrogens with zero attached hydrogens (tertiary/aromatic N) is 1. The molecule has 0 amide bonds.